The van der Waals surface area contributed by atoms with Gasteiger partial charge in [-0.2, -0.15) is 0 Å². The van der Waals surface area contributed by atoms with Crippen molar-refractivity contribution in [3.8, 4) is 11.5 Å². The van der Waals surface area contributed by atoms with Crippen LogP contribution >= 0.6 is 0 Å². The van der Waals surface area contributed by atoms with E-state index in [1.54, 1.807) is 24.5 Å². The van der Waals surface area contributed by atoms with E-state index in [1.807, 2.05) is 35.2 Å². The van der Waals surface area contributed by atoms with Crippen LogP contribution in [0.2, 0.25) is 0 Å². The van der Waals surface area contributed by atoms with Gasteiger partial charge in [0.2, 0.25) is 0 Å². The summed E-state index contributed by atoms with van der Waals surface area (Å²) in [5.74, 6) is 1.47. The van der Waals surface area contributed by atoms with Crippen molar-refractivity contribution in [3.05, 3.63) is 78.4 Å². The van der Waals surface area contributed by atoms with Gasteiger partial charge in [0, 0.05) is 42.9 Å². The maximum atomic E-state index is 12.9. The summed E-state index contributed by atoms with van der Waals surface area (Å²) in [5, 5.41) is 0. The number of hydrogen-bond acceptors (Lipinski definition) is 3. The number of nitrogens with zero attached hydrogens (tertiary/aromatic N) is 3. The largest absolute Gasteiger partial charge is 0.457 e. The van der Waals surface area contributed by atoms with E-state index in [-0.39, 0.29) is 11.9 Å². The van der Waals surface area contributed by atoms with Gasteiger partial charge in [-0.05, 0) is 55.5 Å². The maximum Gasteiger partial charge on any atom is 0.254 e. The summed E-state index contributed by atoms with van der Waals surface area (Å²) < 4.78 is 7.96. The number of benzene rings is 1. The van der Waals surface area contributed by atoms with Crippen molar-refractivity contribution < 1.29 is 9.53 Å². The summed E-state index contributed by atoms with van der Waals surface area (Å²) in [5.41, 5.74) is 1.85. The third-order valence-corrected chi connectivity index (χ3v) is 4.59. The molecule has 0 radical (unpaired) electrons. The van der Waals surface area contributed by atoms with Crippen LogP contribution in [0.1, 0.15) is 29.0 Å². The van der Waals surface area contributed by atoms with Crippen LogP contribution in [0.3, 0.4) is 0 Å². The van der Waals surface area contributed by atoms with E-state index in [4.69, 9.17) is 4.74 Å². The third kappa shape index (κ3) is 3.01. The molecule has 0 saturated heterocycles. The molecule has 0 spiro atoms. The van der Waals surface area contributed by atoms with Gasteiger partial charge in [0.25, 0.3) is 5.91 Å². The molecule has 3 heterocycles. The van der Waals surface area contributed by atoms with Crippen LogP contribution in [0.15, 0.2) is 67.1 Å². The molecule has 1 aliphatic rings. The van der Waals surface area contributed by atoms with Crippen molar-refractivity contribution >= 4 is 5.91 Å². The maximum absolute atomic E-state index is 12.9. The first-order valence-electron chi connectivity index (χ1n) is 8.36. The predicted octanol–water partition coefficient (Wildman–Crippen LogP) is 3.89. The molecule has 3 aromatic rings. The summed E-state index contributed by atoms with van der Waals surface area (Å²) in [6.45, 7) is 3.63. The van der Waals surface area contributed by atoms with Crippen molar-refractivity contribution in [1.29, 1.82) is 0 Å². The van der Waals surface area contributed by atoms with Gasteiger partial charge in [-0.25, -0.2) is 0 Å². The molecule has 0 N–H and O–H groups in total. The Hall–Kier alpha value is -3.08. The Morgan fingerprint density at radius 3 is 2.52 bits per heavy atom. The molecule has 5 nitrogen and oxygen atoms in total. The number of carbonyl (C=O) groups excluding carboxylic acids is 1. The molecular weight excluding hydrogens is 314 g/mol. The molecule has 4 rings (SSSR count). The lowest BCUT2D eigenvalue weighted by Crippen LogP contribution is -2.40. The predicted molar refractivity (Wildman–Crippen MR) is 94.6 cm³/mol. The number of pyridine rings is 1. The standard InChI is InChI=1S/C20H19N3O2/c1-15-19-3-2-12-22(19)13-14-23(15)20(24)16-4-6-17(7-5-16)25-18-8-10-21-11-9-18/h2-12,15H,13-14H2,1H3/t15-/m1/s1. The van der Waals surface area contributed by atoms with E-state index in [2.05, 4.69) is 28.7 Å². The van der Waals surface area contributed by atoms with Crippen molar-refractivity contribution in [3.63, 3.8) is 0 Å². The number of aromatic nitrogens is 2. The van der Waals surface area contributed by atoms with E-state index in [9.17, 15) is 4.79 Å². The third-order valence-electron chi connectivity index (χ3n) is 4.59. The molecule has 1 aliphatic heterocycles. The molecule has 1 aromatic carbocycles. The second-order valence-corrected chi connectivity index (χ2v) is 6.11. The lowest BCUT2D eigenvalue weighted by atomic mass is 10.1. The Kier molecular flexibility index (Phi) is 3.98. The molecule has 0 saturated carbocycles. The highest BCUT2D eigenvalue weighted by Crippen LogP contribution is 2.28. The summed E-state index contributed by atoms with van der Waals surface area (Å²) >= 11 is 0. The monoisotopic (exact) mass is 333 g/mol. The molecule has 0 aliphatic carbocycles. The molecule has 2 aromatic heterocycles. The smallest absolute Gasteiger partial charge is 0.254 e. The highest BCUT2D eigenvalue weighted by Gasteiger charge is 2.27. The van der Waals surface area contributed by atoms with E-state index in [0.29, 0.717) is 11.3 Å². The van der Waals surface area contributed by atoms with Gasteiger partial charge < -0.3 is 14.2 Å². The van der Waals surface area contributed by atoms with Crippen molar-refractivity contribution in [1.82, 2.24) is 14.5 Å². The zero-order valence-electron chi connectivity index (χ0n) is 14.0. The van der Waals surface area contributed by atoms with Crippen LogP contribution in [0.25, 0.3) is 0 Å². The lowest BCUT2D eigenvalue weighted by Gasteiger charge is -2.35. The number of ether oxygens (including phenoxy) is 1. The van der Waals surface area contributed by atoms with Crippen molar-refractivity contribution in [2.45, 2.75) is 19.5 Å². The molecule has 1 amide bonds. The number of fused-ring (bicyclic) bond motifs is 1. The molecule has 0 fully saturated rings. The van der Waals surface area contributed by atoms with E-state index < -0.39 is 0 Å². The first-order chi connectivity index (χ1) is 12.2. The van der Waals surface area contributed by atoms with Crippen LogP contribution in [0.4, 0.5) is 0 Å². The fourth-order valence-corrected chi connectivity index (χ4v) is 3.23. The van der Waals surface area contributed by atoms with Crippen LogP contribution in [0.5, 0.6) is 11.5 Å². The summed E-state index contributed by atoms with van der Waals surface area (Å²) in [7, 11) is 0. The summed E-state index contributed by atoms with van der Waals surface area (Å²) in [6, 6.07) is 15.1. The highest BCUT2D eigenvalue weighted by molar-refractivity contribution is 5.94. The Morgan fingerprint density at radius 2 is 1.76 bits per heavy atom. The molecule has 1 atom stereocenters. The zero-order chi connectivity index (χ0) is 17.2. The first-order valence-corrected chi connectivity index (χ1v) is 8.36. The van der Waals surface area contributed by atoms with Gasteiger partial charge in [0.1, 0.15) is 11.5 Å². The average molecular weight is 333 g/mol. The van der Waals surface area contributed by atoms with Gasteiger partial charge >= 0.3 is 0 Å². The lowest BCUT2D eigenvalue weighted by molar-refractivity contribution is 0.0644. The van der Waals surface area contributed by atoms with Crippen LogP contribution in [0, 0.1) is 0 Å². The van der Waals surface area contributed by atoms with E-state index in [0.717, 1.165) is 18.8 Å². The normalized spacial score (nSPS) is 16.4. The summed E-state index contributed by atoms with van der Waals surface area (Å²) in [4.78, 5) is 18.8. The minimum atomic E-state index is 0.0513. The van der Waals surface area contributed by atoms with Crippen molar-refractivity contribution in [2.75, 3.05) is 6.54 Å². The fourth-order valence-electron chi connectivity index (χ4n) is 3.23. The van der Waals surface area contributed by atoms with Gasteiger partial charge in [-0.3, -0.25) is 9.78 Å². The first kappa shape index (κ1) is 15.4. The second kappa shape index (κ2) is 6.43. The molecule has 5 heteroatoms. The number of carbonyl (C=O) groups is 1. The molecule has 126 valence electrons. The average Bonchev–Trinajstić information content (AvgIpc) is 3.13. The molecule has 0 unspecified atom stereocenters. The van der Waals surface area contributed by atoms with Gasteiger partial charge in [-0.15, -0.1) is 0 Å². The second-order valence-electron chi connectivity index (χ2n) is 6.11. The number of amides is 1. The Balaban J connectivity index is 1.49. The SMILES string of the molecule is C[C@@H]1c2cccn2CCN1C(=O)c1ccc(Oc2ccncc2)cc1. The van der Waals surface area contributed by atoms with E-state index in [1.165, 1.54) is 5.69 Å². The minimum Gasteiger partial charge on any atom is -0.457 e. The van der Waals surface area contributed by atoms with Gasteiger partial charge in [0.15, 0.2) is 0 Å². The highest BCUT2D eigenvalue weighted by atomic mass is 16.5. The summed E-state index contributed by atoms with van der Waals surface area (Å²) in [6.07, 6.45) is 5.43. The topological polar surface area (TPSA) is 47.4 Å². The number of hydrogen-bond donors (Lipinski definition) is 0. The fraction of sp³-hybridized carbons (Fsp3) is 0.200. The Labute approximate surface area is 146 Å². The quantitative estimate of drug-likeness (QED) is 0.730. The van der Waals surface area contributed by atoms with Gasteiger partial charge in [0.05, 0.1) is 6.04 Å². The van der Waals surface area contributed by atoms with E-state index >= 15 is 0 Å². The molecule has 25 heavy (non-hydrogen) atoms. The minimum absolute atomic E-state index is 0.0513. The van der Waals surface area contributed by atoms with Crippen LogP contribution in [-0.4, -0.2) is 26.9 Å². The van der Waals surface area contributed by atoms with Crippen LogP contribution < -0.4 is 4.74 Å². The number of rotatable bonds is 3. The molecular formula is C20H19N3O2. The van der Waals surface area contributed by atoms with Crippen molar-refractivity contribution in [2.24, 2.45) is 0 Å². The Morgan fingerprint density at radius 1 is 1.04 bits per heavy atom. The zero-order valence-corrected chi connectivity index (χ0v) is 14.0. The van der Waals surface area contributed by atoms with Crippen LogP contribution in [-0.2, 0) is 6.54 Å². The van der Waals surface area contributed by atoms with Gasteiger partial charge in [-0.1, -0.05) is 0 Å². The Bertz CT molecular complexity index is 871. The molecule has 0 bridgehead atoms.